The Bertz CT molecular complexity index is 536. The second kappa shape index (κ2) is 5.06. The van der Waals surface area contributed by atoms with Gasteiger partial charge in [0.1, 0.15) is 13.6 Å². The predicted octanol–water partition coefficient (Wildman–Crippen LogP) is 1.73. The predicted molar refractivity (Wildman–Crippen MR) is 79.2 cm³/mol. The Morgan fingerprint density at radius 1 is 1.28 bits per heavy atom. The fourth-order valence-corrected chi connectivity index (χ4v) is 2.29. The molecule has 0 aliphatic rings. The van der Waals surface area contributed by atoms with Gasteiger partial charge in [0.2, 0.25) is 0 Å². The fraction of sp³-hybridized carbons (Fsp3) is 0.429. The second-order valence-corrected chi connectivity index (χ2v) is 5.09. The largest absolute Gasteiger partial charge is 0.497 e. The van der Waals surface area contributed by atoms with E-state index < -0.39 is 0 Å². The van der Waals surface area contributed by atoms with Gasteiger partial charge in [0, 0.05) is 29.1 Å². The van der Waals surface area contributed by atoms with Crippen molar-refractivity contribution in [1.29, 1.82) is 0 Å². The maximum atomic E-state index is 5.26. The van der Waals surface area contributed by atoms with Crippen LogP contribution in [0.3, 0.4) is 0 Å². The molecule has 0 aliphatic carbocycles. The highest BCUT2D eigenvalue weighted by Crippen LogP contribution is 2.25. The molecule has 4 heteroatoms. The van der Waals surface area contributed by atoms with Gasteiger partial charge in [-0.15, -0.1) is 0 Å². The van der Waals surface area contributed by atoms with Gasteiger partial charge in [-0.1, -0.05) is 0 Å². The molecule has 0 N–H and O–H groups in total. The molecular formula is C14H21BN2O. The number of methoxy groups -OCH3 is 1. The van der Waals surface area contributed by atoms with E-state index in [0.717, 1.165) is 5.75 Å². The van der Waals surface area contributed by atoms with Crippen molar-refractivity contribution in [3.8, 4) is 5.75 Å². The Balaban J connectivity index is 2.40. The van der Waals surface area contributed by atoms with Crippen molar-refractivity contribution in [2.45, 2.75) is 18.9 Å². The molecule has 0 amide bonds. The van der Waals surface area contributed by atoms with Crippen LogP contribution in [-0.4, -0.2) is 44.6 Å². The fourth-order valence-electron chi connectivity index (χ4n) is 2.29. The molecule has 0 spiro atoms. The summed E-state index contributed by atoms with van der Waals surface area (Å²) in [5.41, 5.74) is 1.26. The average molecular weight is 244 g/mol. The molecular weight excluding hydrogens is 223 g/mol. The maximum absolute atomic E-state index is 5.26. The SMILES string of the molecule is BC([C@@H](C)N(C)C)n1ccc2cc(OC)ccc21. The highest BCUT2D eigenvalue weighted by molar-refractivity contribution is 6.11. The van der Waals surface area contributed by atoms with E-state index >= 15 is 0 Å². The molecule has 18 heavy (non-hydrogen) atoms. The zero-order valence-corrected chi connectivity index (χ0v) is 11.8. The van der Waals surface area contributed by atoms with Crippen LogP contribution in [0.2, 0.25) is 0 Å². The molecule has 0 saturated heterocycles. The number of rotatable bonds is 4. The molecule has 1 aromatic carbocycles. The van der Waals surface area contributed by atoms with E-state index in [4.69, 9.17) is 4.74 Å². The van der Waals surface area contributed by atoms with Crippen LogP contribution in [-0.2, 0) is 0 Å². The van der Waals surface area contributed by atoms with Gasteiger partial charge in [-0.2, -0.15) is 0 Å². The Hall–Kier alpha value is -1.42. The third-order valence-electron chi connectivity index (χ3n) is 3.88. The standard InChI is InChI=1S/C14H21BN2O/c1-10(16(2)3)14(15)17-8-7-11-9-12(18-4)5-6-13(11)17/h5-10,14H,15H2,1-4H3/t10-,14?/m1/s1. The summed E-state index contributed by atoms with van der Waals surface area (Å²) in [5, 5.41) is 1.23. The van der Waals surface area contributed by atoms with E-state index in [2.05, 4.69) is 62.7 Å². The first-order chi connectivity index (χ1) is 8.54. The first kappa shape index (κ1) is 13.0. The number of aromatic nitrogens is 1. The summed E-state index contributed by atoms with van der Waals surface area (Å²) >= 11 is 0. The summed E-state index contributed by atoms with van der Waals surface area (Å²) in [6, 6.07) is 8.87. The second-order valence-electron chi connectivity index (χ2n) is 5.09. The Morgan fingerprint density at radius 3 is 2.61 bits per heavy atom. The minimum Gasteiger partial charge on any atom is -0.497 e. The normalized spacial score (nSPS) is 14.9. The van der Waals surface area contributed by atoms with Crippen molar-refractivity contribution in [2.75, 3.05) is 21.2 Å². The van der Waals surface area contributed by atoms with E-state index in [0.29, 0.717) is 12.0 Å². The molecule has 2 atom stereocenters. The molecule has 0 aliphatic heterocycles. The molecule has 3 nitrogen and oxygen atoms in total. The minimum atomic E-state index is 0.436. The van der Waals surface area contributed by atoms with Gasteiger partial charge in [-0.05, 0) is 45.3 Å². The molecule has 0 fully saturated rings. The summed E-state index contributed by atoms with van der Waals surface area (Å²) in [5.74, 6) is 1.35. The number of nitrogens with zero attached hydrogens (tertiary/aromatic N) is 2. The van der Waals surface area contributed by atoms with Gasteiger partial charge >= 0.3 is 0 Å². The average Bonchev–Trinajstić information content (AvgIpc) is 2.79. The molecule has 96 valence electrons. The van der Waals surface area contributed by atoms with E-state index in [1.165, 1.54) is 10.9 Å². The lowest BCUT2D eigenvalue weighted by Gasteiger charge is -2.28. The molecule has 1 unspecified atom stereocenters. The van der Waals surface area contributed by atoms with Gasteiger partial charge in [0.25, 0.3) is 0 Å². The van der Waals surface area contributed by atoms with Crippen molar-refractivity contribution < 1.29 is 4.74 Å². The lowest BCUT2D eigenvalue weighted by molar-refractivity contribution is 0.277. The van der Waals surface area contributed by atoms with Crippen LogP contribution < -0.4 is 4.74 Å². The molecule has 2 rings (SSSR count). The first-order valence-electron chi connectivity index (χ1n) is 6.35. The van der Waals surface area contributed by atoms with Crippen LogP contribution in [0.25, 0.3) is 10.9 Å². The van der Waals surface area contributed by atoms with Gasteiger partial charge in [0.15, 0.2) is 0 Å². The van der Waals surface area contributed by atoms with Crippen molar-refractivity contribution >= 4 is 18.7 Å². The topological polar surface area (TPSA) is 17.4 Å². The van der Waals surface area contributed by atoms with Gasteiger partial charge in [-0.25, -0.2) is 0 Å². The van der Waals surface area contributed by atoms with Crippen LogP contribution in [0.4, 0.5) is 0 Å². The third kappa shape index (κ3) is 2.25. The molecule has 2 aromatic rings. The van der Waals surface area contributed by atoms with E-state index in [9.17, 15) is 0 Å². The van der Waals surface area contributed by atoms with Crippen LogP contribution in [0, 0.1) is 0 Å². The number of benzene rings is 1. The van der Waals surface area contributed by atoms with Crippen molar-refractivity contribution in [3.63, 3.8) is 0 Å². The zero-order valence-electron chi connectivity index (χ0n) is 11.8. The van der Waals surface area contributed by atoms with Crippen LogP contribution in [0.1, 0.15) is 12.9 Å². The quantitative estimate of drug-likeness (QED) is 0.762. The van der Waals surface area contributed by atoms with E-state index in [1.54, 1.807) is 7.11 Å². The lowest BCUT2D eigenvalue weighted by atomic mass is 9.89. The monoisotopic (exact) mass is 244 g/mol. The van der Waals surface area contributed by atoms with Crippen molar-refractivity contribution in [1.82, 2.24) is 9.47 Å². The summed E-state index contributed by atoms with van der Waals surface area (Å²) in [6.07, 6.45) is 2.16. The van der Waals surface area contributed by atoms with Gasteiger partial charge < -0.3 is 14.2 Å². The smallest absolute Gasteiger partial charge is 0.133 e. The van der Waals surface area contributed by atoms with Gasteiger partial charge in [-0.3, -0.25) is 0 Å². The Morgan fingerprint density at radius 2 is 2.00 bits per heavy atom. The summed E-state index contributed by atoms with van der Waals surface area (Å²) in [6.45, 7) is 2.25. The minimum absolute atomic E-state index is 0.436. The van der Waals surface area contributed by atoms with Crippen molar-refractivity contribution in [3.05, 3.63) is 30.5 Å². The molecule has 1 heterocycles. The maximum Gasteiger partial charge on any atom is 0.133 e. The highest BCUT2D eigenvalue weighted by atomic mass is 16.5. The van der Waals surface area contributed by atoms with E-state index in [1.807, 2.05) is 6.07 Å². The number of fused-ring (bicyclic) bond motifs is 1. The summed E-state index contributed by atoms with van der Waals surface area (Å²) in [7, 11) is 8.20. The Labute approximate surface area is 110 Å². The van der Waals surface area contributed by atoms with Crippen LogP contribution in [0.15, 0.2) is 30.5 Å². The summed E-state index contributed by atoms with van der Waals surface area (Å²) in [4.78, 5) is 2.25. The lowest BCUT2D eigenvalue weighted by Crippen LogP contribution is -2.34. The van der Waals surface area contributed by atoms with Gasteiger partial charge in [0.05, 0.1) is 7.11 Å². The molecule has 0 bridgehead atoms. The van der Waals surface area contributed by atoms with Crippen molar-refractivity contribution in [2.24, 2.45) is 0 Å². The Kier molecular flexibility index (Phi) is 3.67. The zero-order chi connectivity index (χ0) is 13.3. The number of ether oxygens (including phenoxy) is 1. The van der Waals surface area contributed by atoms with Crippen LogP contribution in [0.5, 0.6) is 5.75 Å². The molecule has 0 saturated carbocycles. The third-order valence-corrected chi connectivity index (χ3v) is 3.88. The van der Waals surface area contributed by atoms with Crippen LogP contribution >= 0.6 is 0 Å². The summed E-state index contributed by atoms with van der Waals surface area (Å²) < 4.78 is 7.59. The molecule has 1 aromatic heterocycles. The first-order valence-corrected chi connectivity index (χ1v) is 6.35. The number of hydrogen-bond acceptors (Lipinski definition) is 2. The highest BCUT2D eigenvalue weighted by Gasteiger charge is 2.17. The molecule has 0 radical (unpaired) electrons. The number of likely N-dealkylation sites (N-methyl/N-ethyl adjacent to an activating group) is 1. The number of hydrogen-bond donors (Lipinski definition) is 0. The van der Waals surface area contributed by atoms with E-state index in [-0.39, 0.29) is 0 Å².